The number of hydrogen-bond acceptors (Lipinski definition) is 0. The Hall–Kier alpha value is -7.88. The van der Waals surface area contributed by atoms with E-state index in [0.29, 0.717) is 0 Å². The summed E-state index contributed by atoms with van der Waals surface area (Å²) in [6, 6.07) is 63.2. The minimum atomic E-state index is -0.0633. The van der Waals surface area contributed by atoms with Crippen molar-refractivity contribution in [3.05, 3.63) is 208 Å². The first-order chi connectivity index (χ1) is 33.5. The zero-order chi connectivity index (χ0) is 46.7. The molecule has 0 radical (unpaired) electrons. The number of aromatic nitrogens is 2. The van der Waals surface area contributed by atoms with E-state index >= 15 is 0 Å². The Kier molecular flexibility index (Phi) is 8.35. The number of nitrogens with zero attached hydrogens (tertiary/aromatic N) is 2. The van der Waals surface area contributed by atoms with Gasteiger partial charge < -0.3 is 9.05 Å². The van der Waals surface area contributed by atoms with E-state index in [1.807, 2.05) is 0 Å². The van der Waals surface area contributed by atoms with Gasteiger partial charge in [-0.25, -0.2) is 0 Å². The van der Waals surface area contributed by atoms with Crippen molar-refractivity contribution in [1.82, 2.24) is 9.05 Å². The van der Waals surface area contributed by atoms with Crippen LogP contribution in [0, 0.1) is 55.4 Å². The predicted octanol–water partition coefficient (Wildman–Crippen LogP) is 16.1. The van der Waals surface area contributed by atoms with Crippen LogP contribution in [-0.2, 0) is 0 Å². The van der Waals surface area contributed by atoms with E-state index in [2.05, 4.69) is 228 Å². The lowest BCUT2D eigenvalue weighted by Gasteiger charge is -2.36. The Morgan fingerprint density at radius 2 is 0.986 bits per heavy atom. The number of fused-ring (bicyclic) bond motifs is 12. The Bertz CT molecular complexity index is 4250. The quantitative estimate of drug-likeness (QED) is 0.156. The van der Waals surface area contributed by atoms with E-state index in [1.165, 1.54) is 171 Å². The highest BCUT2D eigenvalue weighted by Gasteiger charge is 2.43. The van der Waals surface area contributed by atoms with Crippen molar-refractivity contribution in [2.24, 2.45) is 0 Å². The highest BCUT2D eigenvalue weighted by molar-refractivity contribution is 6.90. The first kappa shape index (κ1) is 40.2. The SMILES string of the molecule is Cc1cc(C)cc(-c2cc3c4c(c2C)-c2cc(-c5ccccc5C)cc5c6cc(-c7ccccc7C)ccc6n(c25)B4c2cc(C)cc4c5c6ccccc6c(-c6c(C)cccc6C)cc5n-3c24)c1. The molecular weight excluding hydrogens is 832 g/mol. The lowest BCUT2D eigenvalue weighted by atomic mass is 9.45. The summed E-state index contributed by atoms with van der Waals surface area (Å²) in [5.41, 5.74) is 32.4. The molecular formula is C66H51BN2. The molecule has 0 saturated carbocycles. The fourth-order valence-corrected chi connectivity index (χ4v) is 13.3. The van der Waals surface area contributed by atoms with Crippen LogP contribution in [0.2, 0.25) is 0 Å². The lowest BCUT2D eigenvalue weighted by Crippen LogP contribution is -2.55. The fraction of sp³-hybridized carbons (Fsp3) is 0.121. The Morgan fingerprint density at radius 1 is 0.362 bits per heavy atom. The number of hydrogen-bond donors (Lipinski definition) is 0. The van der Waals surface area contributed by atoms with Crippen LogP contribution in [0.4, 0.5) is 0 Å². The highest BCUT2D eigenvalue weighted by atomic mass is 15.0. The molecule has 0 spiro atoms. The van der Waals surface area contributed by atoms with Crippen LogP contribution in [0.3, 0.4) is 0 Å². The van der Waals surface area contributed by atoms with E-state index in [0.717, 1.165) is 0 Å². The monoisotopic (exact) mass is 882 g/mol. The molecule has 0 aliphatic carbocycles. The van der Waals surface area contributed by atoms with Crippen LogP contribution in [0.1, 0.15) is 44.5 Å². The van der Waals surface area contributed by atoms with Crippen molar-refractivity contribution < 1.29 is 0 Å². The summed E-state index contributed by atoms with van der Waals surface area (Å²) in [7, 11) is 0. The van der Waals surface area contributed by atoms with E-state index in [9.17, 15) is 0 Å². The topological polar surface area (TPSA) is 9.86 Å². The van der Waals surface area contributed by atoms with Crippen molar-refractivity contribution in [3.8, 4) is 61.3 Å². The molecule has 328 valence electrons. The van der Waals surface area contributed by atoms with Gasteiger partial charge in [0.05, 0.1) is 11.0 Å². The molecule has 2 aromatic heterocycles. The Morgan fingerprint density at radius 3 is 1.71 bits per heavy atom. The first-order valence-electron chi connectivity index (χ1n) is 24.6. The number of aryl methyl sites for hydroxylation is 7. The summed E-state index contributed by atoms with van der Waals surface area (Å²) in [5.74, 6) is 0. The summed E-state index contributed by atoms with van der Waals surface area (Å²) in [5, 5.41) is 7.84. The maximum Gasteiger partial charge on any atom is 0.333 e. The van der Waals surface area contributed by atoms with Gasteiger partial charge in [-0.1, -0.05) is 138 Å². The molecule has 0 atom stereocenters. The third-order valence-corrected chi connectivity index (χ3v) is 16.1. The molecule has 3 heteroatoms. The van der Waals surface area contributed by atoms with E-state index < -0.39 is 0 Å². The summed E-state index contributed by atoms with van der Waals surface area (Å²) in [6.45, 7) is 18.2. The molecule has 0 amide bonds. The van der Waals surface area contributed by atoms with Gasteiger partial charge in [-0.15, -0.1) is 0 Å². The zero-order valence-electron chi connectivity index (χ0n) is 40.6. The minimum absolute atomic E-state index is 0.0633. The van der Waals surface area contributed by atoms with Crippen molar-refractivity contribution in [1.29, 1.82) is 0 Å². The molecule has 14 rings (SSSR count). The predicted molar refractivity (Wildman–Crippen MR) is 297 cm³/mol. The molecule has 10 aromatic carbocycles. The number of benzene rings is 10. The van der Waals surface area contributed by atoms with Gasteiger partial charge in [-0.05, 0) is 197 Å². The van der Waals surface area contributed by atoms with E-state index in [4.69, 9.17) is 0 Å². The largest absolute Gasteiger partial charge is 0.375 e. The van der Waals surface area contributed by atoms with Gasteiger partial charge in [0, 0.05) is 43.8 Å². The maximum atomic E-state index is 2.75. The summed E-state index contributed by atoms with van der Waals surface area (Å²) in [4.78, 5) is 0. The first-order valence-corrected chi connectivity index (χ1v) is 24.6. The fourth-order valence-electron chi connectivity index (χ4n) is 13.3. The second-order valence-corrected chi connectivity index (χ2v) is 20.5. The van der Waals surface area contributed by atoms with Gasteiger partial charge in [-0.3, -0.25) is 0 Å². The second-order valence-electron chi connectivity index (χ2n) is 20.5. The summed E-state index contributed by atoms with van der Waals surface area (Å²) in [6.07, 6.45) is 0. The van der Waals surface area contributed by atoms with Crippen LogP contribution in [0.5, 0.6) is 0 Å². The van der Waals surface area contributed by atoms with E-state index in [1.54, 1.807) is 0 Å². The van der Waals surface area contributed by atoms with Crippen LogP contribution in [-0.4, -0.2) is 15.9 Å². The van der Waals surface area contributed by atoms with Crippen molar-refractivity contribution in [3.63, 3.8) is 0 Å². The molecule has 2 nitrogen and oxygen atoms in total. The van der Waals surface area contributed by atoms with Crippen LogP contribution < -0.4 is 10.9 Å². The normalized spacial score (nSPS) is 12.6. The standard InChI is InChI=1S/C66H51BN2/c1-36-26-37(2)28-45(27-36)51-34-60-64-62(43(51)8)56-33-46(48-21-12-10-17-40(48)5)32-54-52-31-44(47-20-11-9-16-39(47)4)24-25-58(52)69(65(54)56)67(64)57-30-38(3)29-55-63-50-23-14-13-22-49(50)53(35-59(63)68(60)66(55)57)61-41(6)18-15-19-42(61)7/h9-35H,1-8H3. The van der Waals surface area contributed by atoms with Crippen LogP contribution >= 0.6 is 0 Å². The molecule has 69 heavy (non-hydrogen) atoms. The molecule has 0 N–H and O–H groups in total. The Balaban J connectivity index is 1.21. The van der Waals surface area contributed by atoms with Gasteiger partial charge in [-0.2, -0.15) is 0 Å². The third kappa shape index (κ3) is 5.50. The third-order valence-electron chi connectivity index (χ3n) is 16.1. The minimum Gasteiger partial charge on any atom is -0.375 e. The van der Waals surface area contributed by atoms with Gasteiger partial charge in [0.2, 0.25) is 0 Å². The Labute approximate surface area is 404 Å². The number of rotatable bonds is 4. The maximum absolute atomic E-state index is 2.75. The van der Waals surface area contributed by atoms with Crippen molar-refractivity contribution in [2.45, 2.75) is 55.4 Å². The van der Waals surface area contributed by atoms with Gasteiger partial charge in [0.15, 0.2) is 0 Å². The van der Waals surface area contributed by atoms with Gasteiger partial charge >= 0.3 is 6.85 Å². The molecule has 4 heterocycles. The smallest absolute Gasteiger partial charge is 0.333 e. The summed E-state index contributed by atoms with van der Waals surface area (Å²) < 4.78 is 5.44. The van der Waals surface area contributed by atoms with E-state index in [-0.39, 0.29) is 6.85 Å². The highest BCUT2D eigenvalue weighted by Crippen LogP contribution is 2.50. The molecule has 0 fully saturated rings. The average molecular weight is 883 g/mol. The van der Waals surface area contributed by atoms with Gasteiger partial charge in [0.25, 0.3) is 0 Å². The van der Waals surface area contributed by atoms with Crippen molar-refractivity contribution >= 4 is 72.2 Å². The van der Waals surface area contributed by atoms with Crippen molar-refractivity contribution in [2.75, 3.05) is 0 Å². The molecule has 0 unspecified atom stereocenters. The average Bonchev–Trinajstić information content (AvgIpc) is 3.84. The van der Waals surface area contributed by atoms with Gasteiger partial charge in [0.1, 0.15) is 0 Å². The summed E-state index contributed by atoms with van der Waals surface area (Å²) >= 11 is 0. The molecule has 12 aromatic rings. The molecule has 2 aliphatic heterocycles. The second kappa shape index (κ2) is 14.3. The van der Waals surface area contributed by atoms with Crippen LogP contribution in [0.25, 0.3) is 116 Å². The zero-order valence-corrected chi connectivity index (χ0v) is 40.6. The molecule has 0 saturated heterocycles. The molecule has 0 bridgehead atoms. The van der Waals surface area contributed by atoms with Crippen LogP contribution in [0.15, 0.2) is 164 Å². The lowest BCUT2D eigenvalue weighted by molar-refractivity contribution is 1.17. The molecule has 2 aliphatic rings.